The first kappa shape index (κ1) is 19.2. The molecule has 0 aromatic heterocycles. The van der Waals surface area contributed by atoms with Gasteiger partial charge in [-0.1, -0.05) is 46.3 Å². The van der Waals surface area contributed by atoms with Crippen LogP contribution in [0.4, 0.5) is 10.5 Å². The van der Waals surface area contributed by atoms with Crippen molar-refractivity contribution in [3.63, 3.8) is 0 Å². The van der Waals surface area contributed by atoms with E-state index in [-0.39, 0.29) is 12.3 Å². The highest BCUT2D eigenvalue weighted by Gasteiger charge is 2.26. The molecule has 2 aromatic carbocycles. The third-order valence-electron chi connectivity index (χ3n) is 4.59. The van der Waals surface area contributed by atoms with Gasteiger partial charge in [0.1, 0.15) is 6.10 Å². The largest absolute Gasteiger partial charge is 0.441 e. The van der Waals surface area contributed by atoms with E-state index in [4.69, 9.17) is 10.5 Å². The van der Waals surface area contributed by atoms with Gasteiger partial charge in [0.15, 0.2) is 0 Å². The first-order valence-electron chi connectivity index (χ1n) is 8.82. The molecule has 7 heteroatoms. The van der Waals surface area contributed by atoms with E-state index in [2.05, 4.69) is 33.0 Å². The molecule has 1 atom stereocenters. The summed E-state index contributed by atoms with van der Waals surface area (Å²) in [5, 5.41) is 0. The second-order valence-electron chi connectivity index (χ2n) is 6.39. The summed E-state index contributed by atoms with van der Waals surface area (Å²) in [6, 6.07) is 17.5. The molecule has 2 N–H and O–H groups in total. The summed E-state index contributed by atoms with van der Waals surface area (Å²) < 4.78 is 6.05. The molecule has 1 unspecified atom stereocenters. The van der Waals surface area contributed by atoms with Crippen molar-refractivity contribution < 1.29 is 14.3 Å². The lowest BCUT2D eigenvalue weighted by Gasteiger charge is -2.36. The quantitative estimate of drug-likeness (QED) is 0.787. The van der Waals surface area contributed by atoms with Crippen LogP contribution in [0.3, 0.4) is 0 Å². The van der Waals surface area contributed by atoms with Gasteiger partial charge in [0.05, 0.1) is 6.42 Å². The van der Waals surface area contributed by atoms with E-state index in [1.54, 1.807) is 0 Å². The number of carbonyl (C=O) groups excluding carboxylic acids is 2. The fourth-order valence-electron chi connectivity index (χ4n) is 3.22. The number of nitrogens with two attached hydrogens (primary N) is 1. The Labute approximate surface area is 167 Å². The Balaban J connectivity index is 1.62. The molecule has 1 heterocycles. The fourth-order valence-corrected chi connectivity index (χ4v) is 3.63. The molecule has 27 heavy (non-hydrogen) atoms. The van der Waals surface area contributed by atoms with Crippen LogP contribution in [0.5, 0.6) is 0 Å². The van der Waals surface area contributed by atoms with Gasteiger partial charge in [-0.05, 0) is 29.8 Å². The SMILES string of the molecule is NC(=O)OC(CC(=O)N1CCN(c2ccccc2)CC1)c1cccc(Br)c1. The fraction of sp³-hybridized carbons (Fsp3) is 0.300. The topological polar surface area (TPSA) is 75.9 Å². The van der Waals surface area contributed by atoms with Crippen LogP contribution in [0.1, 0.15) is 18.1 Å². The number of nitrogens with zero attached hydrogens (tertiary/aromatic N) is 2. The molecule has 1 fully saturated rings. The Bertz CT molecular complexity index is 792. The molecule has 0 radical (unpaired) electrons. The van der Waals surface area contributed by atoms with Crippen molar-refractivity contribution in [2.75, 3.05) is 31.1 Å². The van der Waals surface area contributed by atoms with Crippen LogP contribution < -0.4 is 10.6 Å². The number of hydrogen-bond donors (Lipinski definition) is 1. The second-order valence-corrected chi connectivity index (χ2v) is 7.30. The van der Waals surface area contributed by atoms with E-state index >= 15 is 0 Å². The van der Waals surface area contributed by atoms with Crippen molar-refractivity contribution in [1.29, 1.82) is 0 Å². The van der Waals surface area contributed by atoms with E-state index in [9.17, 15) is 9.59 Å². The minimum atomic E-state index is -0.887. The van der Waals surface area contributed by atoms with Gasteiger partial charge in [0, 0.05) is 36.3 Å². The lowest BCUT2D eigenvalue weighted by Crippen LogP contribution is -2.49. The molecule has 1 aliphatic rings. The summed E-state index contributed by atoms with van der Waals surface area (Å²) in [5.74, 6) is -0.0473. The number of halogens is 1. The minimum Gasteiger partial charge on any atom is -0.441 e. The first-order valence-corrected chi connectivity index (χ1v) is 9.61. The van der Waals surface area contributed by atoms with Crippen LogP contribution in [0.15, 0.2) is 59.1 Å². The molecule has 0 spiro atoms. The minimum absolute atomic E-state index is 0.0473. The van der Waals surface area contributed by atoms with Gasteiger partial charge >= 0.3 is 6.09 Å². The Morgan fingerprint density at radius 3 is 2.37 bits per heavy atom. The van der Waals surface area contributed by atoms with Crippen molar-refractivity contribution >= 4 is 33.6 Å². The molecular formula is C20H22BrN3O3. The highest BCUT2D eigenvalue weighted by atomic mass is 79.9. The second kappa shape index (κ2) is 8.90. The van der Waals surface area contributed by atoms with Gasteiger partial charge < -0.3 is 20.3 Å². The summed E-state index contributed by atoms with van der Waals surface area (Å²) in [6.07, 6.45) is -1.51. The van der Waals surface area contributed by atoms with Gasteiger partial charge in [-0.3, -0.25) is 4.79 Å². The van der Waals surface area contributed by atoms with Crippen LogP contribution in [-0.2, 0) is 9.53 Å². The summed E-state index contributed by atoms with van der Waals surface area (Å²) in [4.78, 5) is 28.1. The van der Waals surface area contributed by atoms with Gasteiger partial charge in [-0.25, -0.2) is 4.79 Å². The third-order valence-corrected chi connectivity index (χ3v) is 5.09. The Hall–Kier alpha value is -2.54. The zero-order valence-electron chi connectivity index (χ0n) is 14.9. The van der Waals surface area contributed by atoms with Gasteiger partial charge in [-0.2, -0.15) is 0 Å². The van der Waals surface area contributed by atoms with Crippen molar-refractivity contribution in [2.45, 2.75) is 12.5 Å². The van der Waals surface area contributed by atoms with Crippen LogP contribution in [-0.4, -0.2) is 43.1 Å². The van der Waals surface area contributed by atoms with Gasteiger partial charge in [0.25, 0.3) is 0 Å². The number of amides is 2. The molecule has 6 nitrogen and oxygen atoms in total. The standard InChI is InChI=1S/C20H22BrN3O3/c21-16-6-4-5-15(13-16)18(27-20(22)26)14-19(25)24-11-9-23(10-12-24)17-7-2-1-3-8-17/h1-8,13,18H,9-12,14H2,(H2,22,26). The summed E-state index contributed by atoms with van der Waals surface area (Å²) >= 11 is 3.40. The van der Waals surface area contributed by atoms with Crippen LogP contribution in [0.2, 0.25) is 0 Å². The summed E-state index contributed by atoms with van der Waals surface area (Å²) in [5.41, 5.74) is 7.10. The number of piperazine rings is 1. The van der Waals surface area contributed by atoms with E-state index in [1.165, 1.54) is 0 Å². The lowest BCUT2D eigenvalue weighted by atomic mass is 10.1. The Kier molecular flexibility index (Phi) is 6.34. The van der Waals surface area contributed by atoms with E-state index in [0.29, 0.717) is 13.1 Å². The summed E-state index contributed by atoms with van der Waals surface area (Å²) in [7, 11) is 0. The number of carbonyl (C=O) groups is 2. The van der Waals surface area contributed by atoms with E-state index in [1.807, 2.05) is 47.4 Å². The van der Waals surface area contributed by atoms with Crippen molar-refractivity contribution in [1.82, 2.24) is 4.90 Å². The predicted octanol–water partition coefficient (Wildman–Crippen LogP) is 3.32. The Morgan fingerprint density at radius 1 is 1.04 bits per heavy atom. The number of benzene rings is 2. The number of primary amides is 1. The molecular weight excluding hydrogens is 410 g/mol. The maximum Gasteiger partial charge on any atom is 0.405 e. The molecule has 1 saturated heterocycles. The zero-order chi connectivity index (χ0) is 19.2. The number of anilines is 1. The molecule has 2 amide bonds. The van der Waals surface area contributed by atoms with Gasteiger partial charge in [-0.15, -0.1) is 0 Å². The molecule has 0 aliphatic carbocycles. The van der Waals surface area contributed by atoms with Crippen LogP contribution in [0, 0.1) is 0 Å². The first-order chi connectivity index (χ1) is 13.0. The molecule has 0 bridgehead atoms. The average Bonchev–Trinajstić information content (AvgIpc) is 2.68. The van der Waals surface area contributed by atoms with Gasteiger partial charge in [0.2, 0.25) is 5.91 Å². The lowest BCUT2D eigenvalue weighted by molar-refractivity contribution is -0.133. The van der Waals surface area contributed by atoms with Crippen molar-refractivity contribution in [3.05, 3.63) is 64.6 Å². The van der Waals surface area contributed by atoms with Crippen molar-refractivity contribution in [2.24, 2.45) is 5.73 Å². The molecule has 3 rings (SSSR count). The molecule has 2 aromatic rings. The smallest absolute Gasteiger partial charge is 0.405 e. The monoisotopic (exact) mass is 431 g/mol. The normalized spacial score (nSPS) is 15.3. The van der Waals surface area contributed by atoms with E-state index in [0.717, 1.165) is 28.8 Å². The maximum absolute atomic E-state index is 12.8. The van der Waals surface area contributed by atoms with Crippen LogP contribution >= 0.6 is 15.9 Å². The van der Waals surface area contributed by atoms with Crippen LogP contribution in [0.25, 0.3) is 0 Å². The third kappa shape index (κ3) is 5.23. The number of ether oxygens (including phenoxy) is 1. The number of para-hydroxylation sites is 1. The molecule has 0 saturated carbocycles. The molecule has 142 valence electrons. The number of hydrogen-bond acceptors (Lipinski definition) is 4. The predicted molar refractivity (Wildman–Crippen MR) is 107 cm³/mol. The summed E-state index contributed by atoms with van der Waals surface area (Å²) in [6.45, 7) is 2.81. The highest BCUT2D eigenvalue weighted by Crippen LogP contribution is 2.25. The van der Waals surface area contributed by atoms with Crippen molar-refractivity contribution in [3.8, 4) is 0 Å². The average molecular weight is 432 g/mol. The molecule has 1 aliphatic heterocycles. The Morgan fingerprint density at radius 2 is 1.74 bits per heavy atom. The zero-order valence-corrected chi connectivity index (χ0v) is 16.5. The number of rotatable bonds is 5. The van der Waals surface area contributed by atoms with E-state index < -0.39 is 12.2 Å². The maximum atomic E-state index is 12.8. The highest BCUT2D eigenvalue weighted by molar-refractivity contribution is 9.10.